The molecule has 0 saturated heterocycles. The number of benzene rings is 2. The number of para-hydroxylation sites is 2. The molecule has 1 atom stereocenters. The van der Waals surface area contributed by atoms with E-state index in [0.29, 0.717) is 18.0 Å². The topological polar surface area (TPSA) is 119 Å². The van der Waals surface area contributed by atoms with Crippen molar-refractivity contribution >= 4 is 23.4 Å². The number of carbonyl (C=O) groups excluding carboxylic acids is 3. The third-order valence-corrected chi connectivity index (χ3v) is 5.19. The Labute approximate surface area is 177 Å². The number of nitro groups is 1. The predicted octanol–water partition coefficient (Wildman–Crippen LogP) is 1.88. The molecule has 2 aromatic rings. The van der Waals surface area contributed by atoms with Crippen LogP contribution in [0.5, 0.6) is 11.5 Å². The van der Waals surface area contributed by atoms with Crippen molar-refractivity contribution in [2.75, 3.05) is 26.2 Å². The number of amides is 3. The van der Waals surface area contributed by atoms with Gasteiger partial charge in [0.15, 0.2) is 17.6 Å². The smallest absolute Gasteiger partial charge is 0.282 e. The average Bonchev–Trinajstić information content (AvgIpc) is 3.02. The van der Waals surface area contributed by atoms with Crippen LogP contribution >= 0.6 is 0 Å². The van der Waals surface area contributed by atoms with Crippen LogP contribution in [0.25, 0.3) is 0 Å². The van der Waals surface area contributed by atoms with Crippen LogP contribution in [0.3, 0.4) is 0 Å². The third-order valence-electron chi connectivity index (χ3n) is 5.19. The van der Waals surface area contributed by atoms with Gasteiger partial charge in [-0.05, 0) is 25.1 Å². The van der Waals surface area contributed by atoms with Crippen molar-refractivity contribution in [2.24, 2.45) is 0 Å². The standard InChI is InChI=1S/C21H19N3O7/c1-2-22(10-13-12-30-16-8-3-4-9-17(16)31-13)18(25)11-23-20(26)14-6-5-7-15(24(28)29)19(14)21(23)27/h3-9,13H,2,10-12H2,1H3. The van der Waals surface area contributed by atoms with Gasteiger partial charge in [-0.25, -0.2) is 0 Å². The van der Waals surface area contributed by atoms with Crippen LogP contribution in [0.1, 0.15) is 27.6 Å². The van der Waals surface area contributed by atoms with E-state index in [2.05, 4.69) is 0 Å². The highest BCUT2D eigenvalue weighted by molar-refractivity contribution is 6.24. The molecule has 0 spiro atoms. The molecule has 10 heteroatoms. The number of hydrogen-bond acceptors (Lipinski definition) is 7. The lowest BCUT2D eigenvalue weighted by Gasteiger charge is -2.31. The Kier molecular flexibility index (Phi) is 5.28. The van der Waals surface area contributed by atoms with Crippen LogP contribution in [0.15, 0.2) is 42.5 Å². The van der Waals surface area contributed by atoms with Gasteiger partial charge in [-0.1, -0.05) is 18.2 Å². The zero-order chi connectivity index (χ0) is 22.1. The summed E-state index contributed by atoms with van der Waals surface area (Å²) in [7, 11) is 0. The molecule has 0 N–H and O–H groups in total. The van der Waals surface area contributed by atoms with E-state index in [-0.39, 0.29) is 24.3 Å². The molecule has 3 amide bonds. The normalized spacial score (nSPS) is 16.8. The number of fused-ring (bicyclic) bond motifs is 2. The summed E-state index contributed by atoms with van der Waals surface area (Å²) in [5.74, 6) is -0.833. The molecule has 2 aromatic carbocycles. The van der Waals surface area contributed by atoms with E-state index >= 15 is 0 Å². The summed E-state index contributed by atoms with van der Waals surface area (Å²) in [5, 5.41) is 11.2. The molecule has 10 nitrogen and oxygen atoms in total. The highest BCUT2D eigenvalue weighted by Crippen LogP contribution is 2.32. The number of ether oxygens (including phenoxy) is 2. The average molecular weight is 425 g/mol. The maximum Gasteiger partial charge on any atom is 0.282 e. The van der Waals surface area contributed by atoms with Gasteiger partial charge in [-0.15, -0.1) is 0 Å². The first-order valence-electron chi connectivity index (χ1n) is 9.70. The van der Waals surface area contributed by atoms with Gasteiger partial charge in [-0.2, -0.15) is 0 Å². The van der Waals surface area contributed by atoms with Crippen molar-refractivity contribution in [2.45, 2.75) is 13.0 Å². The van der Waals surface area contributed by atoms with Gasteiger partial charge in [0.2, 0.25) is 5.91 Å². The van der Waals surface area contributed by atoms with E-state index in [0.717, 1.165) is 11.0 Å². The lowest BCUT2D eigenvalue weighted by atomic mass is 10.1. The summed E-state index contributed by atoms with van der Waals surface area (Å²) in [6, 6.07) is 11.0. The van der Waals surface area contributed by atoms with Gasteiger partial charge in [0.1, 0.15) is 18.7 Å². The zero-order valence-electron chi connectivity index (χ0n) is 16.6. The molecule has 0 saturated carbocycles. The van der Waals surface area contributed by atoms with Crippen LogP contribution < -0.4 is 9.47 Å². The Hall–Kier alpha value is -3.95. The molecule has 1 unspecified atom stereocenters. The summed E-state index contributed by atoms with van der Waals surface area (Å²) in [4.78, 5) is 50.9. The number of carbonyl (C=O) groups is 3. The highest BCUT2D eigenvalue weighted by Gasteiger charge is 2.42. The molecule has 4 rings (SSSR count). The van der Waals surface area contributed by atoms with E-state index in [9.17, 15) is 24.5 Å². The molecule has 160 valence electrons. The second kappa shape index (κ2) is 8.05. The summed E-state index contributed by atoms with van der Waals surface area (Å²) in [5.41, 5.74) is -0.811. The number of imide groups is 1. The Bertz CT molecular complexity index is 1080. The molecule has 2 aliphatic heterocycles. The molecular formula is C21H19N3O7. The van der Waals surface area contributed by atoms with Gasteiger partial charge in [-0.3, -0.25) is 29.4 Å². The molecule has 0 aromatic heterocycles. The number of nitrogens with zero attached hydrogens (tertiary/aromatic N) is 3. The predicted molar refractivity (Wildman–Crippen MR) is 107 cm³/mol. The minimum Gasteiger partial charge on any atom is -0.486 e. The van der Waals surface area contributed by atoms with Crippen LogP contribution in [-0.2, 0) is 4.79 Å². The largest absolute Gasteiger partial charge is 0.486 e. The van der Waals surface area contributed by atoms with E-state index < -0.39 is 41.0 Å². The van der Waals surface area contributed by atoms with Gasteiger partial charge in [0.25, 0.3) is 17.5 Å². The minimum absolute atomic E-state index is 0.0735. The summed E-state index contributed by atoms with van der Waals surface area (Å²) >= 11 is 0. The van der Waals surface area contributed by atoms with Crippen LogP contribution in [0, 0.1) is 10.1 Å². The monoisotopic (exact) mass is 425 g/mol. The lowest BCUT2D eigenvalue weighted by molar-refractivity contribution is -0.385. The van der Waals surface area contributed by atoms with Crippen LogP contribution in [-0.4, -0.2) is 64.8 Å². The first-order valence-corrected chi connectivity index (χ1v) is 9.70. The van der Waals surface area contributed by atoms with Crippen molar-refractivity contribution < 1.29 is 28.8 Å². The molecule has 2 heterocycles. The fraction of sp³-hybridized carbons (Fsp3) is 0.286. The van der Waals surface area contributed by atoms with E-state index in [1.54, 1.807) is 19.1 Å². The third kappa shape index (κ3) is 3.67. The van der Waals surface area contributed by atoms with Crippen LogP contribution in [0.2, 0.25) is 0 Å². The SMILES string of the molecule is CCN(CC1COc2ccccc2O1)C(=O)CN1C(=O)c2cccc([N+](=O)[O-])c2C1=O. The maximum atomic E-state index is 12.9. The van der Waals surface area contributed by atoms with Crippen molar-refractivity contribution in [3.05, 3.63) is 63.7 Å². The zero-order valence-corrected chi connectivity index (χ0v) is 16.6. The number of nitro benzene ring substituents is 1. The van der Waals surface area contributed by atoms with Gasteiger partial charge in [0.05, 0.1) is 17.0 Å². The van der Waals surface area contributed by atoms with Gasteiger partial charge >= 0.3 is 0 Å². The Morgan fingerprint density at radius 2 is 1.90 bits per heavy atom. The van der Waals surface area contributed by atoms with Gasteiger partial charge in [0, 0.05) is 12.6 Å². The Morgan fingerprint density at radius 1 is 1.16 bits per heavy atom. The Morgan fingerprint density at radius 3 is 2.61 bits per heavy atom. The molecule has 31 heavy (non-hydrogen) atoms. The second-order valence-corrected chi connectivity index (χ2v) is 7.08. The fourth-order valence-electron chi connectivity index (χ4n) is 3.65. The minimum atomic E-state index is -0.845. The number of rotatable bonds is 6. The molecule has 0 radical (unpaired) electrons. The highest BCUT2D eigenvalue weighted by atomic mass is 16.6. The molecule has 0 aliphatic carbocycles. The van der Waals surface area contributed by atoms with Gasteiger partial charge < -0.3 is 14.4 Å². The van der Waals surface area contributed by atoms with E-state index in [1.165, 1.54) is 17.0 Å². The first kappa shape index (κ1) is 20.3. The lowest BCUT2D eigenvalue weighted by Crippen LogP contribution is -2.48. The number of hydrogen-bond donors (Lipinski definition) is 0. The van der Waals surface area contributed by atoms with Crippen LogP contribution in [0.4, 0.5) is 5.69 Å². The van der Waals surface area contributed by atoms with E-state index in [4.69, 9.17) is 9.47 Å². The summed E-state index contributed by atoms with van der Waals surface area (Å²) < 4.78 is 11.5. The first-order chi connectivity index (χ1) is 14.9. The van der Waals surface area contributed by atoms with Crippen molar-refractivity contribution in [3.8, 4) is 11.5 Å². The van der Waals surface area contributed by atoms with Crippen molar-refractivity contribution in [1.82, 2.24) is 9.80 Å². The van der Waals surface area contributed by atoms with E-state index in [1.807, 2.05) is 12.1 Å². The molecular weight excluding hydrogens is 406 g/mol. The maximum absolute atomic E-state index is 12.9. The molecule has 0 bridgehead atoms. The number of likely N-dealkylation sites (N-methyl/N-ethyl adjacent to an activating group) is 1. The Balaban J connectivity index is 1.46. The van der Waals surface area contributed by atoms with Crippen molar-refractivity contribution in [1.29, 1.82) is 0 Å². The summed E-state index contributed by atoms with van der Waals surface area (Å²) in [6.45, 7) is 2.03. The molecule has 0 fully saturated rings. The second-order valence-electron chi connectivity index (χ2n) is 7.08. The fourth-order valence-corrected chi connectivity index (χ4v) is 3.65. The van der Waals surface area contributed by atoms with Crippen molar-refractivity contribution in [3.63, 3.8) is 0 Å². The molecule has 2 aliphatic rings. The summed E-state index contributed by atoms with van der Waals surface area (Å²) in [6.07, 6.45) is -0.415. The quantitative estimate of drug-likeness (QED) is 0.394.